The second-order valence-electron chi connectivity index (χ2n) is 4.38. The van der Waals surface area contributed by atoms with E-state index >= 15 is 0 Å². The van der Waals surface area contributed by atoms with Crippen LogP contribution in [0, 0.1) is 0 Å². The van der Waals surface area contributed by atoms with Gasteiger partial charge in [-0.1, -0.05) is 31.7 Å². The molecule has 0 fully saturated rings. The van der Waals surface area contributed by atoms with E-state index in [1.54, 1.807) is 0 Å². The second-order valence-corrected chi connectivity index (χ2v) is 4.38. The molecule has 18 heavy (non-hydrogen) atoms. The molecule has 0 spiro atoms. The molecule has 100 valence electrons. The fourth-order valence-corrected chi connectivity index (χ4v) is 1.81. The number of hydrogen-bond donors (Lipinski definition) is 2. The molecule has 1 rings (SSSR count). The molecule has 0 aliphatic heterocycles. The standard InChI is InChI=1S/C14H20O4/c1-3-12(9-14(16)17)18-10(2)8-11-6-4-5-7-13(11)15/h4-6,12-13,15H,2-3,7-9H2,1H3,(H,16,17). The average Bonchev–Trinajstić information content (AvgIpc) is 2.30. The molecule has 2 unspecified atom stereocenters. The number of aliphatic carboxylic acids is 1. The van der Waals surface area contributed by atoms with Crippen LogP contribution in [0.2, 0.25) is 0 Å². The molecule has 0 aromatic rings. The summed E-state index contributed by atoms with van der Waals surface area (Å²) in [6.07, 6.45) is 6.43. The minimum atomic E-state index is -0.880. The third-order valence-corrected chi connectivity index (χ3v) is 2.83. The Bertz CT molecular complexity index is 368. The monoisotopic (exact) mass is 252 g/mol. The van der Waals surface area contributed by atoms with E-state index in [2.05, 4.69) is 6.58 Å². The first-order valence-corrected chi connectivity index (χ1v) is 6.12. The molecule has 1 aliphatic rings. The van der Waals surface area contributed by atoms with Gasteiger partial charge in [0.05, 0.1) is 18.3 Å². The zero-order valence-electron chi connectivity index (χ0n) is 10.6. The van der Waals surface area contributed by atoms with E-state index in [1.165, 1.54) is 0 Å². The fraction of sp³-hybridized carbons (Fsp3) is 0.500. The predicted octanol–water partition coefficient (Wildman–Crippen LogP) is 2.41. The quantitative estimate of drug-likeness (QED) is 0.683. The minimum absolute atomic E-state index is 0.0307. The van der Waals surface area contributed by atoms with Crippen LogP contribution in [0.15, 0.2) is 36.1 Å². The lowest BCUT2D eigenvalue weighted by atomic mass is 9.98. The van der Waals surface area contributed by atoms with Crippen molar-refractivity contribution in [3.63, 3.8) is 0 Å². The first-order valence-electron chi connectivity index (χ1n) is 6.12. The highest BCUT2D eigenvalue weighted by molar-refractivity contribution is 5.67. The molecular weight excluding hydrogens is 232 g/mol. The maximum Gasteiger partial charge on any atom is 0.307 e. The van der Waals surface area contributed by atoms with Gasteiger partial charge in [0.15, 0.2) is 0 Å². The van der Waals surface area contributed by atoms with E-state index in [-0.39, 0.29) is 12.5 Å². The van der Waals surface area contributed by atoms with Crippen LogP contribution < -0.4 is 0 Å². The topological polar surface area (TPSA) is 66.8 Å². The Morgan fingerprint density at radius 1 is 1.67 bits per heavy atom. The number of aliphatic hydroxyl groups is 1. The van der Waals surface area contributed by atoms with Crippen LogP contribution in [0.3, 0.4) is 0 Å². The van der Waals surface area contributed by atoms with Gasteiger partial charge in [0, 0.05) is 6.42 Å². The van der Waals surface area contributed by atoms with Crippen LogP contribution in [-0.4, -0.2) is 28.4 Å². The molecule has 0 bridgehead atoms. The Kier molecular flexibility index (Phi) is 5.65. The molecule has 0 saturated heterocycles. The van der Waals surface area contributed by atoms with E-state index in [1.807, 2.05) is 25.2 Å². The third kappa shape index (κ3) is 4.75. The normalized spacial score (nSPS) is 20.1. The smallest absolute Gasteiger partial charge is 0.307 e. The number of carbonyl (C=O) groups is 1. The Labute approximate surface area is 107 Å². The second kappa shape index (κ2) is 7.01. The van der Waals surface area contributed by atoms with E-state index in [4.69, 9.17) is 9.84 Å². The molecule has 4 nitrogen and oxygen atoms in total. The number of rotatable bonds is 7. The molecular formula is C14H20O4. The highest BCUT2D eigenvalue weighted by Gasteiger charge is 2.17. The van der Waals surface area contributed by atoms with Crippen LogP contribution >= 0.6 is 0 Å². The molecule has 0 radical (unpaired) electrons. The Morgan fingerprint density at radius 3 is 2.94 bits per heavy atom. The van der Waals surface area contributed by atoms with Gasteiger partial charge in [-0.25, -0.2) is 0 Å². The SMILES string of the molecule is C=C(CC1=CC=CCC1O)OC(CC)CC(=O)O. The molecule has 0 heterocycles. The summed E-state index contributed by atoms with van der Waals surface area (Å²) >= 11 is 0. The number of aliphatic hydroxyl groups excluding tert-OH is 1. The van der Waals surface area contributed by atoms with E-state index < -0.39 is 12.1 Å². The van der Waals surface area contributed by atoms with Gasteiger partial charge in [-0.3, -0.25) is 4.79 Å². The van der Waals surface area contributed by atoms with E-state index in [0.717, 1.165) is 5.57 Å². The van der Waals surface area contributed by atoms with Crippen molar-refractivity contribution in [1.82, 2.24) is 0 Å². The van der Waals surface area contributed by atoms with Gasteiger partial charge >= 0.3 is 5.97 Å². The van der Waals surface area contributed by atoms with Crippen molar-refractivity contribution in [2.75, 3.05) is 0 Å². The molecule has 0 amide bonds. The van der Waals surface area contributed by atoms with Crippen LogP contribution in [0.25, 0.3) is 0 Å². The Hall–Kier alpha value is -1.55. The summed E-state index contributed by atoms with van der Waals surface area (Å²) in [5, 5.41) is 18.5. The first kappa shape index (κ1) is 14.5. The highest BCUT2D eigenvalue weighted by Crippen LogP contribution is 2.22. The van der Waals surface area contributed by atoms with Gasteiger partial charge in [0.25, 0.3) is 0 Å². The maximum atomic E-state index is 10.6. The van der Waals surface area contributed by atoms with Crippen LogP contribution in [0.5, 0.6) is 0 Å². The number of allylic oxidation sites excluding steroid dienone is 3. The van der Waals surface area contributed by atoms with Crippen LogP contribution in [0.1, 0.15) is 32.6 Å². The van der Waals surface area contributed by atoms with Crippen molar-refractivity contribution in [2.45, 2.75) is 44.8 Å². The summed E-state index contributed by atoms with van der Waals surface area (Å²) in [7, 11) is 0. The molecule has 2 atom stereocenters. The summed E-state index contributed by atoms with van der Waals surface area (Å²) in [4.78, 5) is 10.6. The molecule has 0 aromatic carbocycles. The van der Waals surface area contributed by atoms with Crippen molar-refractivity contribution in [1.29, 1.82) is 0 Å². The largest absolute Gasteiger partial charge is 0.494 e. The van der Waals surface area contributed by atoms with E-state index in [9.17, 15) is 9.90 Å². The van der Waals surface area contributed by atoms with Crippen molar-refractivity contribution in [2.24, 2.45) is 0 Å². The fourth-order valence-electron chi connectivity index (χ4n) is 1.81. The maximum absolute atomic E-state index is 10.6. The Morgan fingerprint density at radius 2 is 2.39 bits per heavy atom. The molecule has 0 saturated carbocycles. The van der Waals surface area contributed by atoms with Gasteiger partial charge in [0.1, 0.15) is 6.10 Å². The summed E-state index contributed by atoms with van der Waals surface area (Å²) < 4.78 is 5.51. The number of carboxylic acid groups (broad SMARTS) is 1. The van der Waals surface area contributed by atoms with Gasteiger partial charge in [-0.05, 0) is 18.4 Å². The van der Waals surface area contributed by atoms with Crippen molar-refractivity contribution in [3.05, 3.63) is 36.1 Å². The summed E-state index contributed by atoms with van der Waals surface area (Å²) in [6.45, 7) is 5.66. The van der Waals surface area contributed by atoms with Gasteiger partial charge in [-0.2, -0.15) is 0 Å². The van der Waals surface area contributed by atoms with Crippen molar-refractivity contribution in [3.8, 4) is 0 Å². The molecule has 4 heteroatoms. The van der Waals surface area contributed by atoms with E-state index in [0.29, 0.717) is 25.0 Å². The lowest BCUT2D eigenvalue weighted by molar-refractivity contribution is -0.139. The zero-order chi connectivity index (χ0) is 13.5. The van der Waals surface area contributed by atoms with Gasteiger partial charge < -0.3 is 14.9 Å². The predicted molar refractivity (Wildman–Crippen MR) is 69.0 cm³/mol. The number of ether oxygens (including phenoxy) is 1. The third-order valence-electron chi connectivity index (χ3n) is 2.83. The molecule has 2 N–H and O–H groups in total. The van der Waals surface area contributed by atoms with Crippen molar-refractivity contribution < 1.29 is 19.7 Å². The lowest BCUT2D eigenvalue weighted by Gasteiger charge is -2.21. The molecule has 1 aliphatic carbocycles. The van der Waals surface area contributed by atoms with Gasteiger partial charge in [0.2, 0.25) is 0 Å². The first-order chi connectivity index (χ1) is 8.52. The summed E-state index contributed by atoms with van der Waals surface area (Å²) in [5.41, 5.74) is 0.854. The average molecular weight is 252 g/mol. The summed E-state index contributed by atoms with van der Waals surface area (Å²) in [6, 6.07) is 0. The Balaban J connectivity index is 2.47. The van der Waals surface area contributed by atoms with Crippen molar-refractivity contribution >= 4 is 5.97 Å². The number of carboxylic acids is 1. The minimum Gasteiger partial charge on any atom is -0.494 e. The van der Waals surface area contributed by atoms with Crippen LogP contribution in [0.4, 0.5) is 0 Å². The lowest BCUT2D eigenvalue weighted by Crippen LogP contribution is -2.18. The summed E-state index contributed by atoms with van der Waals surface area (Å²) in [5.74, 6) is -0.377. The van der Waals surface area contributed by atoms with Gasteiger partial charge in [-0.15, -0.1) is 0 Å². The van der Waals surface area contributed by atoms with Crippen LogP contribution in [-0.2, 0) is 9.53 Å². The molecule has 0 aromatic heterocycles. The highest BCUT2D eigenvalue weighted by atomic mass is 16.5. The zero-order valence-corrected chi connectivity index (χ0v) is 10.6. The number of hydrogen-bond acceptors (Lipinski definition) is 3.